The molecule has 116 valence electrons. The fourth-order valence-electron chi connectivity index (χ4n) is 2.57. The molecule has 3 rings (SSSR count). The summed E-state index contributed by atoms with van der Waals surface area (Å²) in [5.41, 5.74) is 1.44. The van der Waals surface area contributed by atoms with Gasteiger partial charge in [0.25, 0.3) is 5.91 Å². The standard InChI is InChI=1S/C15H16F2N4O/c1-10-8-13(19-18-10)15(22)21-6-4-20(5-7-21)14-9-11(16)2-3-12(14)17/h2-3,8-9H,4-7H2,1H3,(H,18,19). The summed E-state index contributed by atoms with van der Waals surface area (Å²) in [4.78, 5) is 15.7. The zero-order chi connectivity index (χ0) is 15.7. The number of rotatable bonds is 2. The van der Waals surface area contributed by atoms with Crippen molar-refractivity contribution < 1.29 is 13.6 Å². The number of hydrogen-bond acceptors (Lipinski definition) is 3. The molecule has 0 atom stereocenters. The fraction of sp³-hybridized carbons (Fsp3) is 0.333. The van der Waals surface area contributed by atoms with Crippen LogP contribution in [0.1, 0.15) is 16.2 Å². The molecule has 2 aromatic rings. The van der Waals surface area contributed by atoms with E-state index in [1.54, 1.807) is 15.9 Å². The molecule has 1 aromatic carbocycles. The van der Waals surface area contributed by atoms with E-state index in [1.165, 1.54) is 6.07 Å². The van der Waals surface area contributed by atoms with E-state index in [1.807, 2.05) is 6.92 Å². The van der Waals surface area contributed by atoms with Crippen molar-refractivity contribution in [3.63, 3.8) is 0 Å². The Labute approximate surface area is 126 Å². The smallest absolute Gasteiger partial charge is 0.274 e. The summed E-state index contributed by atoms with van der Waals surface area (Å²) in [6, 6.07) is 5.10. The first-order valence-corrected chi connectivity index (χ1v) is 7.06. The Balaban J connectivity index is 1.67. The van der Waals surface area contributed by atoms with Crippen LogP contribution in [0.3, 0.4) is 0 Å². The predicted octanol–water partition coefficient (Wildman–Crippen LogP) is 1.96. The molecule has 0 radical (unpaired) electrons. The number of aryl methyl sites for hydroxylation is 1. The van der Waals surface area contributed by atoms with Crippen molar-refractivity contribution in [3.05, 3.63) is 47.3 Å². The van der Waals surface area contributed by atoms with E-state index in [4.69, 9.17) is 0 Å². The first kappa shape index (κ1) is 14.5. The Morgan fingerprint density at radius 3 is 2.55 bits per heavy atom. The largest absolute Gasteiger partial charge is 0.366 e. The molecule has 1 aliphatic rings. The van der Waals surface area contributed by atoms with Crippen molar-refractivity contribution in [2.75, 3.05) is 31.1 Å². The maximum absolute atomic E-state index is 13.8. The van der Waals surface area contributed by atoms with Crippen LogP contribution in [0.25, 0.3) is 0 Å². The molecule has 5 nitrogen and oxygen atoms in total. The van der Waals surface area contributed by atoms with Gasteiger partial charge in [-0.25, -0.2) is 8.78 Å². The number of amides is 1. The molecule has 1 aliphatic heterocycles. The molecular formula is C15H16F2N4O. The highest BCUT2D eigenvalue weighted by Crippen LogP contribution is 2.22. The van der Waals surface area contributed by atoms with E-state index in [2.05, 4.69) is 10.2 Å². The van der Waals surface area contributed by atoms with Gasteiger partial charge >= 0.3 is 0 Å². The lowest BCUT2D eigenvalue weighted by molar-refractivity contribution is 0.0740. The fourth-order valence-corrected chi connectivity index (χ4v) is 2.57. The summed E-state index contributed by atoms with van der Waals surface area (Å²) in [6.07, 6.45) is 0. The SMILES string of the molecule is Cc1cc(C(=O)N2CCN(c3cc(F)ccc3F)CC2)n[nH]1. The average molecular weight is 306 g/mol. The van der Waals surface area contributed by atoms with Crippen molar-refractivity contribution in [3.8, 4) is 0 Å². The van der Waals surface area contributed by atoms with Gasteiger partial charge in [0.1, 0.15) is 17.3 Å². The molecule has 1 amide bonds. The number of nitrogens with zero attached hydrogens (tertiary/aromatic N) is 3. The van der Waals surface area contributed by atoms with Gasteiger partial charge in [-0.05, 0) is 25.1 Å². The number of piperazine rings is 1. The summed E-state index contributed by atoms with van der Waals surface area (Å²) in [7, 11) is 0. The molecule has 1 aromatic heterocycles. The third-order valence-corrected chi connectivity index (χ3v) is 3.74. The topological polar surface area (TPSA) is 52.2 Å². The van der Waals surface area contributed by atoms with Crippen molar-refractivity contribution >= 4 is 11.6 Å². The lowest BCUT2D eigenvalue weighted by atomic mass is 10.2. The number of benzene rings is 1. The van der Waals surface area contributed by atoms with Crippen molar-refractivity contribution in [1.29, 1.82) is 0 Å². The van der Waals surface area contributed by atoms with Gasteiger partial charge < -0.3 is 9.80 Å². The van der Waals surface area contributed by atoms with Gasteiger partial charge in [0.2, 0.25) is 0 Å². The zero-order valence-electron chi connectivity index (χ0n) is 12.1. The minimum atomic E-state index is -0.470. The van der Waals surface area contributed by atoms with Crippen LogP contribution in [0.2, 0.25) is 0 Å². The van der Waals surface area contributed by atoms with Crippen LogP contribution < -0.4 is 4.90 Å². The second kappa shape index (κ2) is 5.75. The molecule has 2 heterocycles. The highest BCUT2D eigenvalue weighted by atomic mass is 19.1. The molecule has 1 saturated heterocycles. The predicted molar refractivity (Wildman–Crippen MR) is 77.8 cm³/mol. The monoisotopic (exact) mass is 306 g/mol. The van der Waals surface area contributed by atoms with Gasteiger partial charge in [0.15, 0.2) is 0 Å². The number of hydrogen-bond donors (Lipinski definition) is 1. The minimum absolute atomic E-state index is 0.149. The van der Waals surface area contributed by atoms with Crippen molar-refractivity contribution in [2.45, 2.75) is 6.92 Å². The molecule has 0 spiro atoms. The molecule has 0 unspecified atom stereocenters. The Kier molecular flexibility index (Phi) is 3.79. The summed E-state index contributed by atoms with van der Waals surface area (Å²) >= 11 is 0. The summed E-state index contributed by atoms with van der Waals surface area (Å²) < 4.78 is 27.0. The molecule has 22 heavy (non-hydrogen) atoms. The van der Waals surface area contributed by atoms with Crippen LogP contribution in [-0.4, -0.2) is 47.2 Å². The van der Waals surface area contributed by atoms with Gasteiger partial charge in [0, 0.05) is 37.9 Å². The van der Waals surface area contributed by atoms with Gasteiger partial charge in [-0.2, -0.15) is 5.10 Å². The molecule has 7 heteroatoms. The van der Waals surface area contributed by atoms with Crippen molar-refractivity contribution in [1.82, 2.24) is 15.1 Å². The van der Waals surface area contributed by atoms with Crippen LogP contribution in [0.4, 0.5) is 14.5 Å². The van der Waals surface area contributed by atoms with Crippen LogP contribution in [-0.2, 0) is 0 Å². The van der Waals surface area contributed by atoms with E-state index in [0.29, 0.717) is 31.9 Å². The van der Waals surface area contributed by atoms with Crippen LogP contribution >= 0.6 is 0 Å². The summed E-state index contributed by atoms with van der Waals surface area (Å²) in [5.74, 6) is -1.07. The number of H-pyrrole nitrogens is 1. The third kappa shape index (κ3) is 2.79. The van der Waals surface area contributed by atoms with E-state index in [-0.39, 0.29) is 11.6 Å². The Hall–Kier alpha value is -2.44. The lowest BCUT2D eigenvalue weighted by Gasteiger charge is -2.35. The number of nitrogens with one attached hydrogen (secondary N) is 1. The van der Waals surface area contributed by atoms with Crippen molar-refractivity contribution in [2.24, 2.45) is 0 Å². The second-order valence-electron chi connectivity index (χ2n) is 5.31. The second-order valence-corrected chi connectivity index (χ2v) is 5.31. The third-order valence-electron chi connectivity index (χ3n) is 3.74. The molecule has 1 fully saturated rings. The van der Waals surface area contributed by atoms with E-state index >= 15 is 0 Å². The molecule has 0 aliphatic carbocycles. The highest BCUT2D eigenvalue weighted by Gasteiger charge is 2.25. The average Bonchev–Trinajstić information content (AvgIpc) is 2.96. The molecular weight excluding hydrogens is 290 g/mol. The zero-order valence-corrected chi connectivity index (χ0v) is 12.1. The van der Waals surface area contributed by atoms with Gasteiger partial charge in [-0.3, -0.25) is 9.89 Å². The van der Waals surface area contributed by atoms with Gasteiger partial charge in [-0.1, -0.05) is 0 Å². The first-order valence-electron chi connectivity index (χ1n) is 7.06. The Bertz CT molecular complexity index is 693. The summed E-state index contributed by atoms with van der Waals surface area (Å²) in [5, 5.41) is 6.69. The number of anilines is 1. The number of aromatic nitrogens is 2. The van der Waals surface area contributed by atoms with Crippen LogP contribution in [0.15, 0.2) is 24.3 Å². The molecule has 1 N–H and O–H groups in total. The summed E-state index contributed by atoms with van der Waals surface area (Å²) in [6.45, 7) is 3.63. The van der Waals surface area contributed by atoms with Crippen LogP contribution in [0, 0.1) is 18.6 Å². The van der Waals surface area contributed by atoms with E-state index < -0.39 is 11.6 Å². The lowest BCUT2D eigenvalue weighted by Crippen LogP contribution is -2.49. The van der Waals surface area contributed by atoms with E-state index in [9.17, 15) is 13.6 Å². The Morgan fingerprint density at radius 2 is 1.91 bits per heavy atom. The first-order chi connectivity index (χ1) is 10.5. The number of carbonyl (C=O) groups excluding carboxylic acids is 1. The quantitative estimate of drug-likeness (QED) is 0.923. The molecule has 0 saturated carbocycles. The number of aromatic amines is 1. The molecule has 0 bridgehead atoms. The van der Waals surface area contributed by atoms with Gasteiger partial charge in [0.05, 0.1) is 5.69 Å². The maximum atomic E-state index is 13.8. The number of carbonyl (C=O) groups is 1. The Morgan fingerprint density at radius 1 is 1.18 bits per heavy atom. The minimum Gasteiger partial charge on any atom is -0.366 e. The highest BCUT2D eigenvalue weighted by molar-refractivity contribution is 5.92. The van der Waals surface area contributed by atoms with E-state index in [0.717, 1.165) is 17.8 Å². The van der Waals surface area contributed by atoms with Crippen LogP contribution in [0.5, 0.6) is 0 Å². The number of halogens is 2. The normalized spacial score (nSPS) is 15.2. The maximum Gasteiger partial charge on any atom is 0.274 e. The van der Waals surface area contributed by atoms with Gasteiger partial charge in [-0.15, -0.1) is 0 Å².